The standard InChI is InChI=1S/C15H14ClF/c1-10(2)13-7-4-8-14(15(13)17)11-5-3-6-12(16)9-11/h3-10H,1-2H3. The third-order valence-corrected chi connectivity index (χ3v) is 3.02. The van der Waals surface area contributed by atoms with Crippen LogP contribution in [0.3, 0.4) is 0 Å². The van der Waals surface area contributed by atoms with Gasteiger partial charge < -0.3 is 0 Å². The highest BCUT2D eigenvalue weighted by atomic mass is 35.5. The number of rotatable bonds is 2. The molecule has 0 aromatic heterocycles. The number of hydrogen-bond acceptors (Lipinski definition) is 0. The highest BCUT2D eigenvalue weighted by Crippen LogP contribution is 2.29. The summed E-state index contributed by atoms with van der Waals surface area (Å²) in [6.07, 6.45) is 0. The van der Waals surface area contributed by atoms with E-state index in [1.54, 1.807) is 18.2 Å². The number of halogens is 2. The molecule has 2 aromatic carbocycles. The van der Waals surface area contributed by atoms with Gasteiger partial charge in [0.2, 0.25) is 0 Å². The molecule has 0 aliphatic heterocycles. The molecule has 0 heterocycles. The second kappa shape index (κ2) is 4.89. The second-order valence-electron chi connectivity index (χ2n) is 4.37. The van der Waals surface area contributed by atoms with Crippen molar-refractivity contribution in [2.24, 2.45) is 0 Å². The van der Waals surface area contributed by atoms with Gasteiger partial charge in [0.15, 0.2) is 0 Å². The van der Waals surface area contributed by atoms with Gasteiger partial charge in [-0.25, -0.2) is 4.39 Å². The zero-order valence-electron chi connectivity index (χ0n) is 9.87. The lowest BCUT2D eigenvalue weighted by Crippen LogP contribution is -1.95. The number of hydrogen-bond donors (Lipinski definition) is 0. The molecule has 2 heteroatoms. The second-order valence-corrected chi connectivity index (χ2v) is 4.81. The van der Waals surface area contributed by atoms with Crippen molar-refractivity contribution in [2.75, 3.05) is 0 Å². The first-order valence-corrected chi connectivity index (χ1v) is 6.01. The van der Waals surface area contributed by atoms with Gasteiger partial charge in [-0.05, 0) is 29.2 Å². The molecular formula is C15H14ClF. The lowest BCUT2D eigenvalue weighted by Gasteiger charge is -2.11. The van der Waals surface area contributed by atoms with E-state index in [1.165, 1.54) is 0 Å². The minimum absolute atomic E-state index is 0.148. The van der Waals surface area contributed by atoms with Gasteiger partial charge in [-0.15, -0.1) is 0 Å². The van der Waals surface area contributed by atoms with Crippen molar-refractivity contribution in [1.82, 2.24) is 0 Å². The molecular weight excluding hydrogens is 235 g/mol. The highest BCUT2D eigenvalue weighted by Gasteiger charge is 2.12. The lowest BCUT2D eigenvalue weighted by atomic mass is 9.96. The van der Waals surface area contributed by atoms with Gasteiger partial charge in [-0.1, -0.05) is 55.8 Å². The summed E-state index contributed by atoms with van der Waals surface area (Å²) in [6, 6.07) is 12.8. The fourth-order valence-corrected chi connectivity index (χ4v) is 2.06. The van der Waals surface area contributed by atoms with E-state index in [2.05, 4.69) is 0 Å². The monoisotopic (exact) mass is 248 g/mol. The van der Waals surface area contributed by atoms with Crippen LogP contribution in [0.15, 0.2) is 42.5 Å². The minimum atomic E-state index is -0.148. The fraction of sp³-hybridized carbons (Fsp3) is 0.200. The van der Waals surface area contributed by atoms with E-state index < -0.39 is 0 Å². The maximum Gasteiger partial charge on any atom is 0.134 e. The summed E-state index contributed by atoms with van der Waals surface area (Å²) < 4.78 is 14.3. The van der Waals surface area contributed by atoms with Crippen LogP contribution < -0.4 is 0 Å². The average Bonchev–Trinajstić information content (AvgIpc) is 2.29. The molecule has 17 heavy (non-hydrogen) atoms. The van der Waals surface area contributed by atoms with Crippen LogP contribution in [0, 0.1) is 5.82 Å². The normalized spacial score (nSPS) is 10.9. The summed E-state index contributed by atoms with van der Waals surface area (Å²) in [6.45, 7) is 3.97. The Morgan fingerprint density at radius 1 is 1.06 bits per heavy atom. The molecule has 0 nitrogen and oxygen atoms in total. The van der Waals surface area contributed by atoms with Crippen LogP contribution in [-0.4, -0.2) is 0 Å². The van der Waals surface area contributed by atoms with E-state index in [-0.39, 0.29) is 11.7 Å². The molecule has 0 aliphatic rings. The Bertz CT molecular complexity index is 532. The smallest absolute Gasteiger partial charge is 0.134 e. The van der Waals surface area contributed by atoms with E-state index in [0.717, 1.165) is 11.1 Å². The molecule has 0 radical (unpaired) electrons. The van der Waals surface area contributed by atoms with Gasteiger partial charge in [0, 0.05) is 10.6 Å². The predicted octanol–water partition coefficient (Wildman–Crippen LogP) is 5.27. The first-order valence-electron chi connectivity index (χ1n) is 5.64. The van der Waals surface area contributed by atoms with Gasteiger partial charge in [0.25, 0.3) is 0 Å². The average molecular weight is 249 g/mol. The van der Waals surface area contributed by atoms with Crippen LogP contribution in [0.1, 0.15) is 25.3 Å². The minimum Gasteiger partial charge on any atom is -0.206 e. The SMILES string of the molecule is CC(C)c1cccc(-c2cccc(Cl)c2)c1F. The lowest BCUT2D eigenvalue weighted by molar-refractivity contribution is 0.602. The first-order chi connectivity index (χ1) is 8.09. The van der Waals surface area contributed by atoms with Crippen molar-refractivity contribution in [2.45, 2.75) is 19.8 Å². The molecule has 0 bridgehead atoms. The first kappa shape index (κ1) is 12.1. The highest BCUT2D eigenvalue weighted by molar-refractivity contribution is 6.30. The van der Waals surface area contributed by atoms with Gasteiger partial charge in [-0.3, -0.25) is 0 Å². The Labute approximate surface area is 106 Å². The van der Waals surface area contributed by atoms with Crippen LogP contribution >= 0.6 is 11.6 Å². The Hall–Kier alpha value is -1.34. The molecule has 2 aromatic rings. The maximum absolute atomic E-state index is 14.3. The summed E-state index contributed by atoms with van der Waals surface area (Å²) >= 11 is 5.93. The molecule has 0 spiro atoms. The van der Waals surface area contributed by atoms with Crippen molar-refractivity contribution in [3.8, 4) is 11.1 Å². The fourth-order valence-electron chi connectivity index (χ4n) is 1.87. The Balaban J connectivity index is 2.57. The van der Waals surface area contributed by atoms with Crippen LogP contribution in [-0.2, 0) is 0 Å². The van der Waals surface area contributed by atoms with Crippen molar-refractivity contribution < 1.29 is 4.39 Å². The molecule has 2 rings (SSSR count). The zero-order chi connectivity index (χ0) is 12.4. The molecule has 0 saturated carbocycles. The quantitative estimate of drug-likeness (QED) is 0.679. The molecule has 88 valence electrons. The van der Waals surface area contributed by atoms with E-state index in [1.807, 2.05) is 38.1 Å². The zero-order valence-corrected chi connectivity index (χ0v) is 10.6. The maximum atomic E-state index is 14.3. The Morgan fingerprint density at radius 2 is 1.76 bits per heavy atom. The van der Waals surface area contributed by atoms with Crippen LogP contribution in [0.5, 0.6) is 0 Å². The largest absolute Gasteiger partial charge is 0.206 e. The third kappa shape index (κ3) is 2.50. The Kier molecular flexibility index (Phi) is 3.49. The molecule has 0 atom stereocenters. The van der Waals surface area contributed by atoms with Crippen LogP contribution in [0.4, 0.5) is 4.39 Å². The molecule has 0 amide bonds. The summed E-state index contributed by atoms with van der Waals surface area (Å²) in [5.41, 5.74) is 2.17. The molecule has 0 aliphatic carbocycles. The van der Waals surface area contributed by atoms with E-state index >= 15 is 0 Å². The van der Waals surface area contributed by atoms with Crippen molar-refractivity contribution in [3.63, 3.8) is 0 Å². The van der Waals surface area contributed by atoms with Crippen molar-refractivity contribution in [3.05, 3.63) is 58.9 Å². The summed E-state index contributed by atoms with van der Waals surface area (Å²) in [7, 11) is 0. The van der Waals surface area contributed by atoms with Crippen LogP contribution in [0.25, 0.3) is 11.1 Å². The van der Waals surface area contributed by atoms with Gasteiger partial charge >= 0.3 is 0 Å². The van der Waals surface area contributed by atoms with Gasteiger partial charge in [0.1, 0.15) is 5.82 Å². The molecule has 0 fully saturated rings. The van der Waals surface area contributed by atoms with E-state index in [9.17, 15) is 4.39 Å². The van der Waals surface area contributed by atoms with E-state index in [4.69, 9.17) is 11.6 Å². The predicted molar refractivity (Wildman–Crippen MR) is 70.9 cm³/mol. The molecule has 0 N–H and O–H groups in total. The van der Waals surface area contributed by atoms with E-state index in [0.29, 0.717) is 10.6 Å². The summed E-state index contributed by atoms with van der Waals surface area (Å²) in [5.74, 6) is 0.0268. The van der Waals surface area contributed by atoms with Gasteiger partial charge in [-0.2, -0.15) is 0 Å². The third-order valence-electron chi connectivity index (χ3n) is 2.79. The summed E-state index contributed by atoms with van der Waals surface area (Å²) in [4.78, 5) is 0. The van der Waals surface area contributed by atoms with Gasteiger partial charge in [0.05, 0.1) is 0 Å². The summed E-state index contributed by atoms with van der Waals surface area (Å²) in [5, 5.41) is 0.622. The van der Waals surface area contributed by atoms with Crippen molar-refractivity contribution in [1.29, 1.82) is 0 Å². The Morgan fingerprint density at radius 3 is 2.41 bits per heavy atom. The molecule has 0 saturated heterocycles. The topological polar surface area (TPSA) is 0 Å². The molecule has 0 unspecified atom stereocenters. The van der Waals surface area contributed by atoms with Crippen LogP contribution in [0.2, 0.25) is 5.02 Å². The number of benzene rings is 2. The van der Waals surface area contributed by atoms with Crippen molar-refractivity contribution >= 4 is 11.6 Å².